The van der Waals surface area contributed by atoms with E-state index < -0.39 is 19.7 Å². The zero-order valence-electron chi connectivity index (χ0n) is 22.0. The van der Waals surface area contributed by atoms with E-state index in [1.54, 1.807) is 0 Å². The molecule has 4 rings (SSSR count). The van der Waals surface area contributed by atoms with E-state index in [9.17, 15) is 9.59 Å². The number of unbranched alkanes of at least 4 members (excludes halogenated alkanes) is 1. The maximum Gasteiger partial charge on any atom is 0.257 e. The molecule has 1 atom stereocenters. The van der Waals surface area contributed by atoms with Gasteiger partial charge in [0, 0.05) is 17.2 Å². The zero-order chi connectivity index (χ0) is 25.4. The van der Waals surface area contributed by atoms with Crippen molar-refractivity contribution in [2.45, 2.75) is 95.7 Å². The normalized spacial score (nSPS) is 19.1. The average Bonchev–Trinajstić information content (AvgIpc) is 3.27. The second-order valence-electron chi connectivity index (χ2n) is 11.6. The predicted molar refractivity (Wildman–Crippen MR) is 141 cm³/mol. The molecular weight excluding hydrogens is 456 g/mol. The van der Waals surface area contributed by atoms with Gasteiger partial charge in [-0.05, 0) is 38.7 Å². The van der Waals surface area contributed by atoms with Crippen LogP contribution in [0.3, 0.4) is 0 Å². The van der Waals surface area contributed by atoms with Crippen LogP contribution >= 0.6 is 0 Å². The molecule has 1 saturated carbocycles. The van der Waals surface area contributed by atoms with Crippen LogP contribution in [-0.2, 0) is 26.4 Å². The summed E-state index contributed by atoms with van der Waals surface area (Å²) in [6.45, 7) is 13.9. The lowest BCUT2D eigenvalue weighted by molar-refractivity contribution is -0.150. The minimum Gasteiger partial charge on any atom is -0.364 e. The van der Waals surface area contributed by atoms with Crippen molar-refractivity contribution in [1.82, 2.24) is 15.1 Å². The number of hydrogen-bond donors (Lipinski definition) is 2. The van der Waals surface area contributed by atoms with Gasteiger partial charge in [-0.25, -0.2) is 0 Å². The third-order valence-electron chi connectivity index (χ3n) is 8.15. The summed E-state index contributed by atoms with van der Waals surface area (Å²) in [6, 6.07) is 9.69. The number of amides is 2. The number of H-pyrrole nitrogens is 1. The highest BCUT2D eigenvalue weighted by atomic mass is 28.3. The highest BCUT2D eigenvalue weighted by Gasteiger charge is 2.54. The third kappa shape index (κ3) is 4.46. The lowest BCUT2D eigenvalue weighted by Crippen LogP contribution is -2.52. The topological polar surface area (TPSA) is 87.3 Å². The van der Waals surface area contributed by atoms with Gasteiger partial charge in [-0.1, -0.05) is 69.7 Å². The number of benzene rings is 1. The van der Waals surface area contributed by atoms with Crippen molar-refractivity contribution in [2.75, 3.05) is 11.9 Å². The molecule has 35 heavy (non-hydrogen) atoms. The predicted octanol–water partition coefficient (Wildman–Crippen LogP) is 5.75. The minimum atomic E-state index is -1.71. The number of hydrogen-bond acceptors (Lipinski definition) is 4. The molecule has 190 valence electrons. The maximum atomic E-state index is 13.9. The van der Waals surface area contributed by atoms with Crippen LogP contribution in [0.5, 0.6) is 0 Å². The lowest BCUT2D eigenvalue weighted by Gasteiger charge is -2.48. The Hall–Kier alpha value is -2.45. The smallest absolute Gasteiger partial charge is 0.257 e. The quantitative estimate of drug-likeness (QED) is 0.342. The van der Waals surface area contributed by atoms with Crippen molar-refractivity contribution >= 4 is 25.7 Å². The fraction of sp³-hybridized carbons (Fsp3) is 0.593. The summed E-state index contributed by atoms with van der Waals surface area (Å²) in [7, 11) is -1.71. The Morgan fingerprint density at radius 1 is 1.20 bits per heavy atom. The number of carbonyl (C=O) groups excluding carboxylic acids is 2. The van der Waals surface area contributed by atoms with Gasteiger partial charge in [-0.3, -0.25) is 14.7 Å². The highest BCUT2D eigenvalue weighted by molar-refractivity contribution is 6.83. The van der Waals surface area contributed by atoms with Crippen LogP contribution in [-0.4, -0.2) is 41.6 Å². The summed E-state index contributed by atoms with van der Waals surface area (Å²) >= 11 is 0. The molecule has 2 aromatic rings. The number of nitrogens with one attached hydrogen (secondary N) is 2. The van der Waals surface area contributed by atoms with Gasteiger partial charge in [0.2, 0.25) is 5.91 Å². The van der Waals surface area contributed by atoms with E-state index in [1.165, 1.54) is 0 Å². The second kappa shape index (κ2) is 9.54. The Morgan fingerprint density at radius 2 is 1.89 bits per heavy atom. The van der Waals surface area contributed by atoms with Crippen LogP contribution in [0, 0.1) is 0 Å². The molecule has 0 spiro atoms. The second-order valence-corrected chi connectivity index (χ2v) is 17.0. The molecule has 0 saturated heterocycles. The van der Waals surface area contributed by atoms with Gasteiger partial charge >= 0.3 is 0 Å². The number of fused-ring (bicyclic) bond motifs is 1. The fourth-order valence-electron chi connectivity index (χ4n) is 5.47. The third-order valence-corrected chi connectivity index (χ3v) is 11.8. The van der Waals surface area contributed by atoms with Crippen molar-refractivity contribution in [3.63, 3.8) is 0 Å². The first kappa shape index (κ1) is 25.6. The Bertz CT molecular complexity index is 1070. The Balaban J connectivity index is 1.58. The highest BCUT2D eigenvalue weighted by Crippen LogP contribution is 2.56. The Labute approximate surface area is 210 Å². The van der Waals surface area contributed by atoms with E-state index in [4.69, 9.17) is 4.74 Å². The first-order chi connectivity index (χ1) is 16.5. The van der Waals surface area contributed by atoms with E-state index in [0.29, 0.717) is 19.0 Å². The first-order valence-electron chi connectivity index (χ1n) is 12.9. The van der Waals surface area contributed by atoms with Gasteiger partial charge in [0.1, 0.15) is 0 Å². The standard InChI is InChI=1S/C27H40N4O3Si/c1-7-8-17-34-21(19-13-10-9-11-14-19)24(32)31-18-20-22(26(31,2)3)29-30-23(20)28-25(33)27(15-12-16-27)35(4,5)6/h9-11,13-14,21H,7-8,12,15-18H2,1-6H3,(H2,28,29,30,33). The van der Waals surface area contributed by atoms with E-state index in [2.05, 4.69) is 42.1 Å². The van der Waals surface area contributed by atoms with E-state index in [-0.39, 0.29) is 16.9 Å². The number of aromatic nitrogens is 2. The van der Waals surface area contributed by atoms with Gasteiger partial charge < -0.3 is 15.0 Å². The SMILES string of the molecule is CCCCOC(C(=O)N1Cc2c(NC(=O)C3([Si](C)(C)C)CCC3)n[nH]c2C1(C)C)c1ccccc1. The molecule has 0 bridgehead atoms. The van der Waals surface area contributed by atoms with E-state index in [0.717, 1.165) is 48.9 Å². The molecule has 2 heterocycles. The van der Waals surface area contributed by atoms with Crippen LogP contribution in [0.2, 0.25) is 24.7 Å². The van der Waals surface area contributed by atoms with Crippen molar-refractivity contribution in [2.24, 2.45) is 0 Å². The molecule has 2 amide bonds. The van der Waals surface area contributed by atoms with Crippen molar-refractivity contribution in [1.29, 1.82) is 0 Å². The molecule has 0 radical (unpaired) electrons. The zero-order valence-corrected chi connectivity index (χ0v) is 23.0. The first-order valence-corrected chi connectivity index (χ1v) is 16.4. The minimum absolute atomic E-state index is 0.0725. The number of carbonyl (C=O) groups is 2. The number of nitrogens with zero attached hydrogens (tertiary/aromatic N) is 2. The van der Waals surface area contributed by atoms with E-state index >= 15 is 0 Å². The van der Waals surface area contributed by atoms with Crippen molar-refractivity contribution < 1.29 is 14.3 Å². The number of ether oxygens (including phenoxy) is 1. The van der Waals surface area contributed by atoms with E-state index in [1.807, 2.05) is 49.1 Å². The number of aromatic amines is 1. The maximum absolute atomic E-state index is 13.9. The van der Waals surface area contributed by atoms with Gasteiger partial charge in [-0.15, -0.1) is 0 Å². The van der Waals surface area contributed by atoms with Crippen molar-refractivity contribution in [3.05, 3.63) is 47.2 Å². The Kier molecular flexibility index (Phi) is 6.99. The fourth-order valence-corrected chi connectivity index (χ4v) is 8.07. The lowest BCUT2D eigenvalue weighted by atomic mass is 9.83. The largest absolute Gasteiger partial charge is 0.364 e. The van der Waals surface area contributed by atoms with Crippen LogP contribution in [0.25, 0.3) is 0 Å². The molecule has 2 N–H and O–H groups in total. The molecule has 7 nitrogen and oxygen atoms in total. The van der Waals surface area contributed by atoms with Gasteiger partial charge in [0.25, 0.3) is 5.91 Å². The molecule has 1 aliphatic heterocycles. The molecule has 8 heteroatoms. The summed E-state index contributed by atoms with van der Waals surface area (Å²) in [4.78, 5) is 29.2. The van der Waals surface area contributed by atoms with Crippen LogP contribution in [0.4, 0.5) is 5.82 Å². The summed E-state index contributed by atoms with van der Waals surface area (Å²) in [6.07, 6.45) is 4.24. The van der Waals surface area contributed by atoms with Gasteiger partial charge in [0.15, 0.2) is 11.9 Å². The van der Waals surface area contributed by atoms with Crippen LogP contribution < -0.4 is 5.32 Å². The summed E-state index contributed by atoms with van der Waals surface area (Å²) in [5.74, 6) is 0.572. The molecular formula is C27H40N4O3Si. The van der Waals surface area contributed by atoms with Crippen molar-refractivity contribution in [3.8, 4) is 0 Å². The van der Waals surface area contributed by atoms with Gasteiger partial charge in [-0.2, -0.15) is 5.10 Å². The molecule has 1 fully saturated rings. The Morgan fingerprint density at radius 3 is 2.46 bits per heavy atom. The summed E-state index contributed by atoms with van der Waals surface area (Å²) in [5.41, 5.74) is 2.02. The summed E-state index contributed by atoms with van der Waals surface area (Å²) in [5, 5.41) is 10.5. The van der Waals surface area contributed by atoms with Crippen LogP contribution in [0.15, 0.2) is 30.3 Å². The summed E-state index contributed by atoms with van der Waals surface area (Å²) < 4.78 is 6.13. The number of anilines is 1. The number of rotatable bonds is 9. The van der Waals surface area contributed by atoms with Gasteiger partial charge in [0.05, 0.1) is 25.9 Å². The molecule has 1 unspecified atom stereocenters. The molecule has 1 aromatic heterocycles. The average molecular weight is 497 g/mol. The molecule has 1 aromatic carbocycles. The van der Waals surface area contributed by atoms with Crippen LogP contribution in [0.1, 0.15) is 75.8 Å². The molecule has 1 aliphatic carbocycles. The molecule has 2 aliphatic rings. The monoisotopic (exact) mass is 496 g/mol.